The smallest absolute Gasteiger partial charge is 0.415 e. The summed E-state index contributed by atoms with van der Waals surface area (Å²) in [6.07, 6.45) is -0.357. The van der Waals surface area contributed by atoms with Crippen molar-refractivity contribution in [2.75, 3.05) is 11.4 Å². The zero-order valence-electron chi connectivity index (χ0n) is 11.1. The van der Waals surface area contributed by atoms with Crippen LogP contribution in [0, 0.1) is 0 Å². The average molecular weight is 332 g/mol. The van der Waals surface area contributed by atoms with Gasteiger partial charge in [-0.05, 0) is 55.1 Å². The van der Waals surface area contributed by atoms with Gasteiger partial charge in [0.05, 0.1) is 9.47 Å². The summed E-state index contributed by atoms with van der Waals surface area (Å²) in [5.41, 5.74) is 1.21. The first kappa shape index (κ1) is 15.2. The molecule has 0 N–H and O–H groups in total. The van der Waals surface area contributed by atoms with E-state index in [1.54, 1.807) is 4.90 Å². The molecular weight excluding hydrogens is 314 g/mol. The number of amides is 1. The van der Waals surface area contributed by atoms with E-state index in [2.05, 4.69) is 22.5 Å². The third-order valence-corrected chi connectivity index (χ3v) is 3.59. The standard InChI is InChI=1S/C13H18BrNO2S/c1-9(2)8-15(10-6-7-18-11(10)14)12(16)17-13(3,4)5/h6-7H,1,8H2,2-5H3. The van der Waals surface area contributed by atoms with Crippen LogP contribution in [0.5, 0.6) is 0 Å². The molecule has 0 radical (unpaired) electrons. The molecule has 1 aromatic rings. The van der Waals surface area contributed by atoms with E-state index in [-0.39, 0.29) is 6.09 Å². The van der Waals surface area contributed by atoms with Crippen LogP contribution in [0.4, 0.5) is 10.5 Å². The van der Waals surface area contributed by atoms with Crippen molar-refractivity contribution in [3.8, 4) is 0 Å². The molecular formula is C13H18BrNO2S. The van der Waals surface area contributed by atoms with Crippen LogP contribution in [0.3, 0.4) is 0 Å². The molecule has 1 rings (SSSR count). The van der Waals surface area contributed by atoms with Crippen LogP contribution in [0.15, 0.2) is 27.4 Å². The van der Waals surface area contributed by atoms with E-state index in [4.69, 9.17) is 4.74 Å². The number of rotatable bonds is 3. The quantitative estimate of drug-likeness (QED) is 0.742. The van der Waals surface area contributed by atoms with Gasteiger partial charge < -0.3 is 4.74 Å². The van der Waals surface area contributed by atoms with Crippen molar-refractivity contribution in [1.82, 2.24) is 0 Å². The van der Waals surface area contributed by atoms with Gasteiger partial charge in [-0.2, -0.15) is 0 Å². The summed E-state index contributed by atoms with van der Waals surface area (Å²) in [7, 11) is 0. The predicted molar refractivity (Wildman–Crippen MR) is 80.4 cm³/mol. The van der Waals surface area contributed by atoms with Gasteiger partial charge in [-0.25, -0.2) is 4.79 Å². The van der Waals surface area contributed by atoms with Crippen LogP contribution in [-0.4, -0.2) is 18.2 Å². The molecule has 0 aromatic carbocycles. The Bertz CT molecular complexity index is 448. The third kappa shape index (κ3) is 4.46. The zero-order valence-corrected chi connectivity index (χ0v) is 13.5. The van der Waals surface area contributed by atoms with Crippen molar-refractivity contribution in [3.63, 3.8) is 0 Å². The van der Waals surface area contributed by atoms with Crippen molar-refractivity contribution in [2.45, 2.75) is 33.3 Å². The molecule has 100 valence electrons. The first-order valence-electron chi connectivity index (χ1n) is 5.58. The van der Waals surface area contributed by atoms with Crippen LogP contribution in [0.2, 0.25) is 0 Å². The van der Waals surface area contributed by atoms with Crippen molar-refractivity contribution in [2.24, 2.45) is 0 Å². The van der Waals surface area contributed by atoms with Gasteiger partial charge in [-0.3, -0.25) is 4.90 Å². The Morgan fingerprint density at radius 2 is 2.17 bits per heavy atom. The van der Waals surface area contributed by atoms with Gasteiger partial charge in [0.25, 0.3) is 0 Å². The zero-order chi connectivity index (χ0) is 13.9. The summed E-state index contributed by atoms with van der Waals surface area (Å²) in [6.45, 7) is 11.7. The van der Waals surface area contributed by atoms with Gasteiger partial charge in [0.1, 0.15) is 5.60 Å². The second kappa shape index (κ2) is 5.89. The Balaban J connectivity index is 2.96. The van der Waals surface area contributed by atoms with Crippen LogP contribution in [0.1, 0.15) is 27.7 Å². The minimum absolute atomic E-state index is 0.357. The Morgan fingerprint density at radius 3 is 2.56 bits per heavy atom. The second-order valence-corrected chi connectivity index (χ2v) is 7.34. The molecule has 1 heterocycles. The maximum absolute atomic E-state index is 12.2. The minimum atomic E-state index is -0.507. The van der Waals surface area contributed by atoms with E-state index in [0.29, 0.717) is 6.54 Å². The number of thiophene rings is 1. The lowest BCUT2D eigenvalue weighted by Gasteiger charge is -2.27. The first-order valence-corrected chi connectivity index (χ1v) is 7.26. The summed E-state index contributed by atoms with van der Waals surface area (Å²) in [4.78, 5) is 13.8. The molecule has 0 bridgehead atoms. The van der Waals surface area contributed by atoms with Crippen molar-refractivity contribution < 1.29 is 9.53 Å². The second-order valence-electron chi connectivity index (χ2n) is 5.10. The lowest BCUT2D eigenvalue weighted by Crippen LogP contribution is -2.37. The highest BCUT2D eigenvalue weighted by molar-refractivity contribution is 9.11. The fraction of sp³-hybridized carbons (Fsp3) is 0.462. The van der Waals surface area contributed by atoms with E-state index in [1.165, 1.54) is 11.3 Å². The number of anilines is 1. The van der Waals surface area contributed by atoms with Crippen LogP contribution in [-0.2, 0) is 4.74 Å². The van der Waals surface area contributed by atoms with Crippen LogP contribution in [0.25, 0.3) is 0 Å². The summed E-state index contributed by atoms with van der Waals surface area (Å²) in [5.74, 6) is 0. The fourth-order valence-electron chi connectivity index (χ4n) is 1.32. The van der Waals surface area contributed by atoms with Crippen molar-refractivity contribution in [3.05, 3.63) is 27.4 Å². The summed E-state index contributed by atoms with van der Waals surface area (Å²) in [5, 5.41) is 1.93. The van der Waals surface area contributed by atoms with Crippen LogP contribution >= 0.6 is 27.3 Å². The van der Waals surface area contributed by atoms with E-state index in [9.17, 15) is 4.79 Å². The molecule has 0 saturated heterocycles. The van der Waals surface area contributed by atoms with Gasteiger partial charge >= 0.3 is 6.09 Å². The number of hydrogen-bond acceptors (Lipinski definition) is 3. The Morgan fingerprint density at radius 1 is 1.56 bits per heavy atom. The number of nitrogens with zero attached hydrogens (tertiary/aromatic N) is 1. The average Bonchev–Trinajstić information content (AvgIpc) is 2.57. The largest absolute Gasteiger partial charge is 0.443 e. The number of carbonyl (C=O) groups excluding carboxylic acids is 1. The van der Waals surface area contributed by atoms with Gasteiger partial charge in [-0.1, -0.05) is 12.2 Å². The van der Waals surface area contributed by atoms with Crippen molar-refractivity contribution in [1.29, 1.82) is 0 Å². The Kier molecular flexibility index (Phi) is 4.99. The molecule has 0 aliphatic heterocycles. The van der Waals surface area contributed by atoms with Gasteiger partial charge in [0, 0.05) is 6.54 Å². The minimum Gasteiger partial charge on any atom is -0.443 e. The first-order chi connectivity index (χ1) is 8.20. The predicted octanol–water partition coefficient (Wildman–Crippen LogP) is 4.83. The summed E-state index contributed by atoms with van der Waals surface area (Å²) < 4.78 is 6.32. The normalized spacial score (nSPS) is 11.2. The fourth-order valence-corrected chi connectivity index (χ4v) is 2.60. The SMILES string of the molecule is C=C(C)CN(C(=O)OC(C)(C)C)c1ccsc1Br. The number of halogens is 1. The molecule has 0 aliphatic carbocycles. The highest BCUT2D eigenvalue weighted by Crippen LogP contribution is 2.33. The van der Waals surface area contributed by atoms with E-state index >= 15 is 0 Å². The highest BCUT2D eigenvalue weighted by Gasteiger charge is 2.25. The molecule has 0 saturated carbocycles. The molecule has 1 amide bonds. The van der Waals surface area contributed by atoms with Gasteiger partial charge in [-0.15, -0.1) is 11.3 Å². The summed E-state index contributed by atoms with van der Waals surface area (Å²) >= 11 is 4.98. The molecule has 1 aromatic heterocycles. The Hall–Kier alpha value is -0.810. The maximum Gasteiger partial charge on any atom is 0.415 e. The number of hydrogen-bond donors (Lipinski definition) is 0. The number of carbonyl (C=O) groups is 1. The maximum atomic E-state index is 12.2. The van der Waals surface area contributed by atoms with Crippen molar-refractivity contribution >= 4 is 39.0 Å². The van der Waals surface area contributed by atoms with E-state index < -0.39 is 5.60 Å². The number of ether oxygens (including phenoxy) is 1. The van der Waals surface area contributed by atoms with E-state index in [1.807, 2.05) is 39.1 Å². The third-order valence-electron chi connectivity index (χ3n) is 1.93. The molecule has 0 unspecified atom stereocenters. The molecule has 18 heavy (non-hydrogen) atoms. The lowest BCUT2D eigenvalue weighted by molar-refractivity contribution is 0.0583. The highest BCUT2D eigenvalue weighted by atomic mass is 79.9. The molecule has 0 fully saturated rings. The van der Waals surface area contributed by atoms with Gasteiger partial charge in [0.15, 0.2) is 0 Å². The summed E-state index contributed by atoms with van der Waals surface area (Å²) in [6, 6.07) is 1.89. The van der Waals surface area contributed by atoms with Crippen LogP contribution < -0.4 is 4.90 Å². The molecule has 3 nitrogen and oxygen atoms in total. The monoisotopic (exact) mass is 331 g/mol. The molecule has 0 atom stereocenters. The molecule has 0 spiro atoms. The topological polar surface area (TPSA) is 29.5 Å². The van der Waals surface area contributed by atoms with E-state index in [0.717, 1.165) is 15.0 Å². The molecule has 0 aliphatic rings. The van der Waals surface area contributed by atoms with Gasteiger partial charge in [0.2, 0.25) is 0 Å². The Labute approximate surface area is 121 Å². The molecule has 5 heteroatoms. The lowest BCUT2D eigenvalue weighted by atomic mass is 10.2.